The Morgan fingerprint density at radius 2 is 1.74 bits per heavy atom. The maximum Gasteiger partial charge on any atom is 0.248 e. The Morgan fingerprint density at radius 3 is 2.33 bits per heavy atom. The first-order chi connectivity index (χ1) is 12.6. The molecular formula is C24H31NO2. The summed E-state index contributed by atoms with van der Waals surface area (Å²) in [6.07, 6.45) is 12.5. The Kier molecular flexibility index (Phi) is 8.53. The van der Waals surface area contributed by atoms with E-state index in [1.54, 1.807) is 12.1 Å². The topological polar surface area (TPSA) is 49.3 Å². The number of hydrogen-bond donors (Lipinski definition) is 2. The first kappa shape index (κ1) is 22.2. The van der Waals surface area contributed by atoms with Gasteiger partial charge in [0.25, 0.3) is 0 Å². The van der Waals surface area contributed by atoms with Gasteiger partial charge in [-0.2, -0.15) is 0 Å². The Labute approximate surface area is 163 Å². The van der Waals surface area contributed by atoms with Gasteiger partial charge in [-0.15, -0.1) is 0 Å². The van der Waals surface area contributed by atoms with Gasteiger partial charge in [0.2, 0.25) is 5.91 Å². The van der Waals surface area contributed by atoms with Crippen molar-refractivity contribution in [3.8, 4) is 5.75 Å². The predicted octanol–water partition coefficient (Wildman–Crippen LogP) is 6.33. The van der Waals surface area contributed by atoms with Crippen LogP contribution < -0.4 is 5.32 Å². The van der Waals surface area contributed by atoms with Gasteiger partial charge in [0, 0.05) is 11.8 Å². The summed E-state index contributed by atoms with van der Waals surface area (Å²) < 4.78 is 0. The SMILES string of the molecule is C=C(/C=C/C(C)=C/C=C/C(C)=C/C(=O)Nc1ccc(O)cc1)C(C)(C)CC. The molecule has 1 rings (SSSR count). The molecule has 1 aromatic rings. The molecule has 0 aliphatic heterocycles. The van der Waals surface area contributed by atoms with E-state index in [2.05, 4.69) is 44.8 Å². The van der Waals surface area contributed by atoms with Crippen LogP contribution in [0.1, 0.15) is 41.0 Å². The van der Waals surface area contributed by atoms with Gasteiger partial charge in [-0.3, -0.25) is 4.79 Å². The molecule has 1 amide bonds. The molecule has 0 aliphatic rings. The molecular weight excluding hydrogens is 334 g/mol. The van der Waals surface area contributed by atoms with Crippen molar-refractivity contribution in [2.24, 2.45) is 5.41 Å². The highest BCUT2D eigenvalue weighted by Crippen LogP contribution is 2.29. The summed E-state index contributed by atoms with van der Waals surface area (Å²) >= 11 is 0. The molecule has 3 nitrogen and oxygen atoms in total. The van der Waals surface area contributed by atoms with Crippen LogP contribution in [0.15, 0.2) is 84.0 Å². The smallest absolute Gasteiger partial charge is 0.248 e. The molecule has 0 aliphatic carbocycles. The normalized spacial score (nSPS) is 13.4. The standard InChI is InChI=1S/C24H31NO2/c1-7-24(5,6)20(4)12-11-18(2)9-8-10-19(3)17-23(27)25-21-13-15-22(26)16-14-21/h8-17,26H,4,7H2,1-3,5-6H3,(H,25,27)/b10-8+,12-11+,18-9+,19-17+. The van der Waals surface area contributed by atoms with Gasteiger partial charge in [-0.25, -0.2) is 0 Å². The van der Waals surface area contributed by atoms with Crippen LogP contribution in [0.3, 0.4) is 0 Å². The van der Waals surface area contributed by atoms with E-state index in [9.17, 15) is 9.90 Å². The van der Waals surface area contributed by atoms with Crippen molar-refractivity contribution in [1.82, 2.24) is 0 Å². The zero-order valence-electron chi connectivity index (χ0n) is 17.0. The average Bonchev–Trinajstić information content (AvgIpc) is 2.61. The van der Waals surface area contributed by atoms with Crippen LogP contribution in [-0.4, -0.2) is 11.0 Å². The number of nitrogens with one attached hydrogen (secondary N) is 1. The highest BCUT2D eigenvalue weighted by Gasteiger charge is 2.16. The number of aromatic hydroxyl groups is 1. The van der Waals surface area contributed by atoms with Crippen LogP contribution in [-0.2, 0) is 4.79 Å². The van der Waals surface area contributed by atoms with Crippen molar-refractivity contribution in [1.29, 1.82) is 0 Å². The average molecular weight is 366 g/mol. The molecule has 0 atom stereocenters. The molecule has 0 unspecified atom stereocenters. The summed E-state index contributed by atoms with van der Waals surface area (Å²) in [4.78, 5) is 12.0. The number of allylic oxidation sites excluding steroid dienone is 8. The van der Waals surface area contributed by atoms with E-state index in [1.165, 1.54) is 18.2 Å². The molecule has 1 aromatic carbocycles. The Bertz CT molecular complexity index is 775. The number of carbonyl (C=O) groups is 1. The summed E-state index contributed by atoms with van der Waals surface area (Å²) in [6, 6.07) is 6.36. The Balaban J connectivity index is 2.62. The second kappa shape index (κ2) is 10.4. The van der Waals surface area contributed by atoms with Gasteiger partial charge < -0.3 is 10.4 Å². The van der Waals surface area contributed by atoms with Gasteiger partial charge in [0.05, 0.1) is 0 Å². The largest absolute Gasteiger partial charge is 0.508 e. The number of rotatable bonds is 8. The van der Waals surface area contributed by atoms with Gasteiger partial charge in [0.15, 0.2) is 0 Å². The molecule has 0 saturated carbocycles. The molecule has 144 valence electrons. The fourth-order valence-electron chi connectivity index (χ4n) is 2.07. The number of phenols is 1. The van der Waals surface area contributed by atoms with Crippen molar-refractivity contribution in [2.75, 3.05) is 5.32 Å². The molecule has 0 heterocycles. The molecule has 0 bridgehead atoms. The van der Waals surface area contributed by atoms with Crippen molar-refractivity contribution >= 4 is 11.6 Å². The minimum Gasteiger partial charge on any atom is -0.508 e. The van der Waals surface area contributed by atoms with Gasteiger partial charge in [-0.05, 0) is 61.1 Å². The van der Waals surface area contributed by atoms with Crippen LogP contribution >= 0.6 is 0 Å². The summed E-state index contributed by atoms with van der Waals surface area (Å²) in [5, 5.41) is 12.0. The monoisotopic (exact) mass is 365 g/mol. The lowest BCUT2D eigenvalue weighted by Crippen LogP contribution is -2.10. The molecule has 0 radical (unpaired) electrons. The number of amides is 1. The molecule has 0 fully saturated rings. The first-order valence-corrected chi connectivity index (χ1v) is 9.15. The summed E-state index contributed by atoms with van der Waals surface area (Å²) in [5.74, 6) is -0.0396. The number of hydrogen-bond acceptors (Lipinski definition) is 2. The first-order valence-electron chi connectivity index (χ1n) is 9.15. The van der Waals surface area contributed by atoms with E-state index in [0.29, 0.717) is 5.69 Å². The van der Waals surface area contributed by atoms with Gasteiger partial charge >= 0.3 is 0 Å². The summed E-state index contributed by atoms with van der Waals surface area (Å²) in [5.41, 5.74) is 3.82. The molecule has 0 aromatic heterocycles. The summed E-state index contributed by atoms with van der Waals surface area (Å²) in [7, 11) is 0. The van der Waals surface area contributed by atoms with Crippen molar-refractivity contribution < 1.29 is 9.90 Å². The predicted molar refractivity (Wildman–Crippen MR) is 116 cm³/mol. The molecule has 27 heavy (non-hydrogen) atoms. The summed E-state index contributed by atoms with van der Waals surface area (Å²) in [6.45, 7) is 14.6. The minimum absolute atomic E-state index is 0.108. The number of anilines is 1. The molecule has 3 heteroatoms. The third kappa shape index (κ3) is 8.41. The molecule has 0 saturated heterocycles. The molecule has 0 spiro atoms. The zero-order chi connectivity index (χ0) is 20.4. The lowest BCUT2D eigenvalue weighted by Gasteiger charge is -2.23. The van der Waals surface area contributed by atoms with Gasteiger partial charge in [-0.1, -0.05) is 63.3 Å². The quantitative estimate of drug-likeness (QED) is 0.321. The lowest BCUT2D eigenvalue weighted by molar-refractivity contribution is -0.111. The van der Waals surface area contributed by atoms with E-state index in [-0.39, 0.29) is 17.1 Å². The minimum atomic E-state index is -0.207. The van der Waals surface area contributed by atoms with Gasteiger partial charge in [0.1, 0.15) is 5.75 Å². The second-order valence-electron chi connectivity index (χ2n) is 7.29. The van der Waals surface area contributed by atoms with Crippen molar-refractivity contribution in [3.05, 3.63) is 84.0 Å². The third-order valence-electron chi connectivity index (χ3n) is 4.51. The van der Waals surface area contributed by atoms with Crippen LogP contribution in [0.5, 0.6) is 5.75 Å². The fourth-order valence-corrected chi connectivity index (χ4v) is 2.07. The highest BCUT2D eigenvalue weighted by atomic mass is 16.3. The second-order valence-corrected chi connectivity index (χ2v) is 7.29. The third-order valence-corrected chi connectivity index (χ3v) is 4.51. The Morgan fingerprint density at radius 1 is 1.11 bits per heavy atom. The highest BCUT2D eigenvalue weighted by molar-refractivity contribution is 5.99. The van der Waals surface area contributed by atoms with E-state index in [1.807, 2.05) is 32.1 Å². The number of carbonyl (C=O) groups excluding carboxylic acids is 1. The van der Waals surface area contributed by atoms with E-state index >= 15 is 0 Å². The van der Waals surface area contributed by atoms with Crippen LogP contribution in [0.25, 0.3) is 0 Å². The van der Waals surface area contributed by atoms with Crippen molar-refractivity contribution in [2.45, 2.75) is 41.0 Å². The van der Waals surface area contributed by atoms with Crippen LogP contribution in [0.4, 0.5) is 5.69 Å². The van der Waals surface area contributed by atoms with Crippen LogP contribution in [0, 0.1) is 5.41 Å². The molecule has 2 N–H and O–H groups in total. The van der Waals surface area contributed by atoms with Crippen LogP contribution in [0.2, 0.25) is 0 Å². The van der Waals surface area contributed by atoms with Crippen molar-refractivity contribution in [3.63, 3.8) is 0 Å². The van der Waals surface area contributed by atoms with E-state index in [0.717, 1.165) is 23.1 Å². The zero-order valence-corrected chi connectivity index (χ0v) is 17.0. The van der Waals surface area contributed by atoms with E-state index in [4.69, 9.17) is 0 Å². The maximum atomic E-state index is 12.0. The number of phenolic OH excluding ortho intramolecular Hbond substituents is 1. The maximum absolute atomic E-state index is 12.0. The number of benzene rings is 1. The Hall–Kier alpha value is -2.81. The lowest BCUT2D eigenvalue weighted by atomic mass is 9.82. The fraction of sp³-hybridized carbons (Fsp3) is 0.292. The van der Waals surface area contributed by atoms with E-state index < -0.39 is 0 Å².